The average molecular weight is 449 g/mol. The number of benzene rings is 1. The molecule has 1 aliphatic rings. The van der Waals surface area contributed by atoms with Crippen LogP contribution in [0.2, 0.25) is 0 Å². The summed E-state index contributed by atoms with van der Waals surface area (Å²) in [5, 5.41) is 15.2. The van der Waals surface area contributed by atoms with Gasteiger partial charge in [0.05, 0.1) is 12.1 Å². The maximum absolute atomic E-state index is 13.4. The molecule has 7 heteroatoms. The average Bonchev–Trinajstić information content (AvgIpc) is 2.61. The number of aliphatic hydroxyl groups is 1. The molecule has 4 N–H and O–H groups in total. The predicted octanol–water partition coefficient (Wildman–Crippen LogP) is 3.20. The quantitative estimate of drug-likeness (QED) is 0.573. The molecule has 7 nitrogen and oxygen atoms in total. The SMILES string of the molecule is CC(C)CCNC1c2ccccc2C(C(=O)OC(C)(C)C)C(N)C1(O)C(=O)OC(C)(C)C. The number of rotatable bonds is 6. The third-order valence-electron chi connectivity index (χ3n) is 5.41. The summed E-state index contributed by atoms with van der Waals surface area (Å²) in [4.78, 5) is 26.6. The van der Waals surface area contributed by atoms with Crippen LogP contribution >= 0.6 is 0 Å². The minimum absolute atomic E-state index is 0.430. The summed E-state index contributed by atoms with van der Waals surface area (Å²) >= 11 is 0. The Balaban J connectivity index is 2.61. The number of carbonyl (C=O) groups excluding carboxylic acids is 2. The van der Waals surface area contributed by atoms with Gasteiger partial charge in [-0.15, -0.1) is 0 Å². The van der Waals surface area contributed by atoms with Crippen LogP contribution in [0, 0.1) is 5.92 Å². The smallest absolute Gasteiger partial charge is 0.342 e. The van der Waals surface area contributed by atoms with Gasteiger partial charge in [0.15, 0.2) is 5.60 Å². The van der Waals surface area contributed by atoms with Crippen LogP contribution in [0.3, 0.4) is 0 Å². The summed E-state index contributed by atoms with van der Waals surface area (Å²) in [6.07, 6.45) is 0.841. The first-order valence-corrected chi connectivity index (χ1v) is 11.3. The van der Waals surface area contributed by atoms with Gasteiger partial charge in [0.2, 0.25) is 0 Å². The van der Waals surface area contributed by atoms with Crippen molar-refractivity contribution in [1.82, 2.24) is 5.32 Å². The molecule has 0 spiro atoms. The fraction of sp³-hybridized carbons (Fsp3) is 0.680. The molecule has 0 saturated carbocycles. The monoisotopic (exact) mass is 448 g/mol. The number of nitrogens with one attached hydrogen (secondary N) is 1. The van der Waals surface area contributed by atoms with Crippen LogP contribution < -0.4 is 11.1 Å². The Morgan fingerprint density at radius 1 is 1.06 bits per heavy atom. The summed E-state index contributed by atoms with van der Waals surface area (Å²) in [5.74, 6) is -2.03. The number of esters is 2. The van der Waals surface area contributed by atoms with Gasteiger partial charge in [-0.1, -0.05) is 38.1 Å². The van der Waals surface area contributed by atoms with Gasteiger partial charge < -0.3 is 25.6 Å². The van der Waals surface area contributed by atoms with Crippen molar-refractivity contribution in [2.45, 2.75) is 96.6 Å². The molecule has 0 amide bonds. The molecule has 1 aliphatic carbocycles. The Hall–Kier alpha value is -1.96. The summed E-state index contributed by atoms with van der Waals surface area (Å²) in [6.45, 7) is 15.2. The number of fused-ring (bicyclic) bond motifs is 1. The Kier molecular flexibility index (Phi) is 7.80. The molecule has 2 rings (SSSR count). The number of carbonyl (C=O) groups is 2. The fourth-order valence-electron chi connectivity index (χ4n) is 3.97. The van der Waals surface area contributed by atoms with Crippen LogP contribution in [0.15, 0.2) is 24.3 Å². The van der Waals surface area contributed by atoms with E-state index in [4.69, 9.17) is 15.2 Å². The molecular formula is C25H40N2O5. The lowest BCUT2D eigenvalue weighted by Crippen LogP contribution is -2.67. The van der Waals surface area contributed by atoms with Crippen LogP contribution in [-0.4, -0.2) is 46.4 Å². The highest BCUT2D eigenvalue weighted by atomic mass is 16.6. The molecular weight excluding hydrogens is 408 g/mol. The fourth-order valence-corrected chi connectivity index (χ4v) is 3.97. The largest absolute Gasteiger partial charge is 0.459 e. The normalized spacial score (nSPS) is 25.9. The Bertz CT molecular complexity index is 824. The number of ether oxygens (including phenoxy) is 2. The first-order valence-electron chi connectivity index (χ1n) is 11.3. The zero-order valence-electron chi connectivity index (χ0n) is 20.7. The van der Waals surface area contributed by atoms with E-state index in [1.165, 1.54) is 0 Å². The molecule has 0 bridgehead atoms. The van der Waals surface area contributed by atoms with Crippen LogP contribution in [0.4, 0.5) is 0 Å². The maximum Gasteiger partial charge on any atom is 0.342 e. The van der Waals surface area contributed by atoms with Gasteiger partial charge in [-0.05, 0) is 71.6 Å². The minimum Gasteiger partial charge on any atom is -0.459 e. The molecule has 0 saturated heterocycles. The molecule has 0 aliphatic heterocycles. The molecule has 1 aromatic carbocycles. The Morgan fingerprint density at radius 3 is 2.09 bits per heavy atom. The second kappa shape index (κ2) is 9.49. The van der Waals surface area contributed by atoms with Crippen molar-refractivity contribution in [3.63, 3.8) is 0 Å². The first kappa shape index (κ1) is 26.3. The Morgan fingerprint density at radius 2 is 1.59 bits per heavy atom. The van der Waals surface area contributed by atoms with Crippen molar-refractivity contribution in [2.75, 3.05) is 6.54 Å². The molecule has 0 fully saturated rings. The van der Waals surface area contributed by atoms with Gasteiger partial charge in [0.1, 0.15) is 17.1 Å². The molecule has 0 radical (unpaired) electrons. The molecule has 0 heterocycles. The highest BCUT2D eigenvalue weighted by molar-refractivity contribution is 5.88. The lowest BCUT2D eigenvalue weighted by atomic mass is 9.67. The Labute approximate surface area is 192 Å². The van der Waals surface area contributed by atoms with Gasteiger partial charge in [0, 0.05) is 0 Å². The van der Waals surface area contributed by atoms with E-state index in [0.717, 1.165) is 6.42 Å². The van der Waals surface area contributed by atoms with E-state index in [1.807, 2.05) is 12.1 Å². The van der Waals surface area contributed by atoms with Gasteiger partial charge >= 0.3 is 11.9 Å². The summed E-state index contributed by atoms with van der Waals surface area (Å²) in [7, 11) is 0. The number of hydrogen-bond acceptors (Lipinski definition) is 7. The molecule has 1 aromatic rings. The molecule has 4 atom stereocenters. The highest BCUT2D eigenvalue weighted by Gasteiger charge is 2.60. The third kappa shape index (κ3) is 5.88. The van der Waals surface area contributed by atoms with Crippen molar-refractivity contribution in [3.05, 3.63) is 35.4 Å². The summed E-state index contributed by atoms with van der Waals surface area (Å²) in [6, 6.07) is 5.14. The van der Waals surface area contributed by atoms with E-state index in [9.17, 15) is 14.7 Å². The van der Waals surface area contributed by atoms with Crippen LogP contribution in [0.25, 0.3) is 0 Å². The molecule has 0 aromatic heterocycles. The number of nitrogens with two attached hydrogens (primary N) is 1. The molecule has 32 heavy (non-hydrogen) atoms. The summed E-state index contributed by atoms with van der Waals surface area (Å²) in [5.41, 5.74) is 4.07. The molecule has 4 unspecified atom stereocenters. The third-order valence-corrected chi connectivity index (χ3v) is 5.41. The van der Waals surface area contributed by atoms with Gasteiger partial charge in [-0.3, -0.25) is 4.79 Å². The second-order valence-electron chi connectivity index (χ2n) is 11.1. The lowest BCUT2D eigenvalue weighted by molar-refractivity contribution is -0.187. The van der Waals surface area contributed by atoms with Crippen molar-refractivity contribution >= 4 is 11.9 Å². The predicted molar refractivity (Wildman–Crippen MR) is 124 cm³/mol. The van der Waals surface area contributed by atoms with Crippen molar-refractivity contribution in [2.24, 2.45) is 11.7 Å². The van der Waals surface area contributed by atoms with E-state index in [-0.39, 0.29) is 0 Å². The van der Waals surface area contributed by atoms with Crippen LogP contribution in [0.5, 0.6) is 0 Å². The van der Waals surface area contributed by atoms with E-state index in [1.54, 1.807) is 53.7 Å². The zero-order chi connectivity index (χ0) is 24.5. The van der Waals surface area contributed by atoms with E-state index < -0.39 is 46.7 Å². The van der Waals surface area contributed by atoms with Gasteiger partial charge in [0.25, 0.3) is 0 Å². The van der Waals surface area contributed by atoms with E-state index in [0.29, 0.717) is 23.6 Å². The van der Waals surface area contributed by atoms with Crippen LogP contribution in [0.1, 0.15) is 84.9 Å². The standard InChI is InChI=1S/C25H40N2O5/c1-15(2)13-14-27-20-17-12-10-9-11-16(17)18(21(28)31-23(3,4)5)19(26)25(20,30)22(29)32-24(6,7)8/h9-12,15,18-20,27,30H,13-14,26H2,1-8H3. The van der Waals surface area contributed by atoms with E-state index >= 15 is 0 Å². The van der Waals surface area contributed by atoms with Crippen molar-refractivity contribution < 1.29 is 24.2 Å². The maximum atomic E-state index is 13.4. The summed E-state index contributed by atoms with van der Waals surface area (Å²) < 4.78 is 11.2. The van der Waals surface area contributed by atoms with Gasteiger partial charge in [-0.25, -0.2) is 4.79 Å². The van der Waals surface area contributed by atoms with E-state index in [2.05, 4.69) is 19.2 Å². The van der Waals surface area contributed by atoms with Crippen molar-refractivity contribution in [1.29, 1.82) is 0 Å². The number of hydrogen-bond donors (Lipinski definition) is 3. The van der Waals surface area contributed by atoms with Gasteiger partial charge in [-0.2, -0.15) is 0 Å². The minimum atomic E-state index is -2.17. The zero-order valence-corrected chi connectivity index (χ0v) is 20.7. The first-order chi connectivity index (χ1) is 14.6. The van der Waals surface area contributed by atoms with Crippen molar-refractivity contribution in [3.8, 4) is 0 Å². The highest BCUT2D eigenvalue weighted by Crippen LogP contribution is 2.45. The second-order valence-corrected chi connectivity index (χ2v) is 11.1. The molecule has 180 valence electrons. The lowest BCUT2D eigenvalue weighted by Gasteiger charge is -2.47. The van der Waals surface area contributed by atoms with Crippen LogP contribution in [-0.2, 0) is 19.1 Å². The topological polar surface area (TPSA) is 111 Å².